The average Bonchev–Trinajstić information content (AvgIpc) is 3.46. The lowest BCUT2D eigenvalue weighted by atomic mass is 9.71. The summed E-state index contributed by atoms with van der Waals surface area (Å²) < 4.78 is 21.8. The summed E-state index contributed by atoms with van der Waals surface area (Å²) in [6, 6.07) is 40.5. The highest BCUT2D eigenvalue weighted by Crippen LogP contribution is 2.60. The van der Waals surface area contributed by atoms with Crippen LogP contribution in [-0.4, -0.2) is 9.97 Å². The van der Waals surface area contributed by atoms with Gasteiger partial charge in [-0.15, -0.1) is 0 Å². The van der Waals surface area contributed by atoms with E-state index in [9.17, 15) is 4.39 Å². The highest BCUT2D eigenvalue weighted by atomic mass is 19.1. The fraction of sp³-hybridized carbons (Fsp3) is 0.136. The summed E-state index contributed by atoms with van der Waals surface area (Å²) in [6.45, 7) is 4.60. The Kier molecular flexibility index (Phi) is 6.38. The second kappa shape index (κ2) is 10.7. The van der Waals surface area contributed by atoms with Gasteiger partial charge in [0.25, 0.3) is 0 Å². The molecule has 2 aliphatic rings. The van der Waals surface area contributed by atoms with Gasteiger partial charge in [-0.2, -0.15) is 0 Å². The highest BCUT2D eigenvalue weighted by molar-refractivity contribution is 6.08. The molecule has 6 aromatic carbocycles. The minimum atomic E-state index is -0.993. The molecule has 1 aliphatic heterocycles. The average molecular weight is 625 g/mol. The largest absolute Gasteiger partial charge is 0.472 e. The highest BCUT2D eigenvalue weighted by Gasteiger charge is 2.46. The van der Waals surface area contributed by atoms with Crippen molar-refractivity contribution in [3.8, 4) is 28.3 Å². The molecule has 0 saturated heterocycles. The molecule has 0 saturated carbocycles. The minimum Gasteiger partial charge on any atom is -0.472 e. The number of hydrogen-bond acceptors (Lipinski definition) is 3. The van der Waals surface area contributed by atoms with Crippen LogP contribution in [0.3, 0.4) is 0 Å². The van der Waals surface area contributed by atoms with E-state index in [1.807, 2.05) is 54.7 Å². The summed E-state index contributed by atoms with van der Waals surface area (Å²) >= 11 is 0. The molecule has 0 fully saturated rings. The van der Waals surface area contributed by atoms with Crippen molar-refractivity contribution in [3.63, 3.8) is 0 Å². The number of nitrogens with zero attached hydrogens (tertiary/aromatic N) is 2. The molecule has 232 valence electrons. The molecule has 0 spiro atoms. The number of aromatic nitrogens is 2. The van der Waals surface area contributed by atoms with E-state index in [2.05, 4.69) is 91.6 Å². The molecule has 3 nitrogen and oxygen atoms in total. The van der Waals surface area contributed by atoms with Gasteiger partial charge in [-0.05, 0) is 64.8 Å². The van der Waals surface area contributed by atoms with E-state index in [0.29, 0.717) is 5.82 Å². The van der Waals surface area contributed by atoms with Crippen LogP contribution in [0.15, 0.2) is 134 Å². The third-order valence-electron chi connectivity index (χ3n) is 10.7. The first kappa shape index (κ1) is 28.6. The monoisotopic (exact) mass is 624 g/mol. The van der Waals surface area contributed by atoms with Crippen LogP contribution in [0.2, 0.25) is 0 Å². The Morgan fingerprint density at radius 3 is 2.15 bits per heavy atom. The van der Waals surface area contributed by atoms with Gasteiger partial charge in [0, 0.05) is 44.6 Å². The van der Waals surface area contributed by atoms with Crippen molar-refractivity contribution in [2.24, 2.45) is 0 Å². The predicted molar refractivity (Wildman–Crippen MR) is 193 cm³/mol. The molecule has 48 heavy (non-hydrogen) atoms. The van der Waals surface area contributed by atoms with E-state index < -0.39 is 5.60 Å². The first-order chi connectivity index (χ1) is 23.6. The van der Waals surface area contributed by atoms with Gasteiger partial charge in [0.15, 0.2) is 11.4 Å². The molecule has 1 unspecified atom stereocenters. The van der Waals surface area contributed by atoms with Gasteiger partial charge < -0.3 is 4.74 Å². The number of hydrogen-bond donors (Lipinski definition) is 0. The predicted octanol–water partition coefficient (Wildman–Crippen LogP) is 11.0. The number of benzene rings is 6. The third kappa shape index (κ3) is 3.99. The van der Waals surface area contributed by atoms with Gasteiger partial charge in [-0.3, -0.25) is 0 Å². The number of para-hydroxylation sites is 1. The van der Waals surface area contributed by atoms with Crippen molar-refractivity contribution in [2.75, 3.05) is 0 Å². The Balaban J connectivity index is 1.26. The Bertz CT molecular complexity index is 2410. The van der Waals surface area contributed by atoms with Crippen molar-refractivity contribution in [2.45, 2.75) is 37.7 Å². The molecular formula is C44H33FN2O. The second-order valence-corrected chi connectivity index (χ2v) is 12.9. The van der Waals surface area contributed by atoms with Crippen LogP contribution in [-0.2, 0) is 11.0 Å². The quantitative estimate of drug-likeness (QED) is 0.191. The zero-order chi connectivity index (χ0) is 32.5. The lowest BCUT2D eigenvalue weighted by molar-refractivity contribution is 0.163. The van der Waals surface area contributed by atoms with Gasteiger partial charge >= 0.3 is 0 Å². The normalized spacial score (nSPS) is 17.1. The van der Waals surface area contributed by atoms with E-state index in [0.717, 1.165) is 57.1 Å². The van der Waals surface area contributed by atoms with Gasteiger partial charge in [-0.25, -0.2) is 14.4 Å². The SMILES string of the molecule is CCC1(CC)c2ccccc2-c2c1c1c(c3ccccc23)OC(c2ccc(F)cc2)(c2ccc(-c3ncc4ccccc4n3)cc2)C=C1. The van der Waals surface area contributed by atoms with E-state index in [1.165, 1.54) is 39.8 Å². The molecule has 0 amide bonds. The van der Waals surface area contributed by atoms with E-state index in [4.69, 9.17) is 9.72 Å². The summed E-state index contributed by atoms with van der Waals surface area (Å²) in [6.07, 6.45) is 8.25. The van der Waals surface area contributed by atoms with Crippen LogP contribution < -0.4 is 4.74 Å². The van der Waals surface area contributed by atoms with Crippen LogP contribution in [0.1, 0.15) is 54.5 Å². The summed E-state index contributed by atoms with van der Waals surface area (Å²) in [5.41, 5.74) is 8.96. The first-order valence-corrected chi connectivity index (χ1v) is 16.7. The molecule has 0 N–H and O–H groups in total. The third-order valence-corrected chi connectivity index (χ3v) is 10.7. The zero-order valence-corrected chi connectivity index (χ0v) is 26.9. The number of fused-ring (bicyclic) bond motifs is 9. The first-order valence-electron chi connectivity index (χ1n) is 16.7. The number of rotatable bonds is 5. The molecule has 7 aromatic rings. The second-order valence-electron chi connectivity index (χ2n) is 12.9. The molecule has 0 radical (unpaired) electrons. The molecule has 1 aliphatic carbocycles. The molecule has 4 heteroatoms. The minimum absolute atomic E-state index is 0.134. The van der Waals surface area contributed by atoms with Crippen LogP contribution >= 0.6 is 0 Å². The summed E-state index contributed by atoms with van der Waals surface area (Å²) in [5.74, 6) is 1.24. The Morgan fingerprint density at radius 1 is 0.708 bits per heavy atom. The van der Waals surface area contributed by atoms with E-state index >= 15 is 0 Å². The van der Waals surface area contributed by atoms with Crippen LogP contribution in [0.25, 0.3) is 50.3 Å². The summed E-state index contributed by atoms with van der Waals surface area (Å²) in [5, 5.41) is 3.26. The fourth-order valence-corrected chi connectivity index (χ4v) is 8.26. The molecular weight excluding hydrogens is 591 g/mol. The van der Waals surface area contributed by atoms with Crippen molar-refractivity contribution in [1.82, 2.24) is 9.97 Å². The van der Waals surface area contributed by atoms with Crippen molar-refractivity contribution < 1.29 is 9.13 Å². The number of ether oxygens (including phenoxy) is 1. The summed E-state index contributed by atoms with van der Waals surface area (Å²) in [4.78, 5) is 9.47. The molecule has 2 heterocycles. The topological polar surface area (TPSA) is 35.0 Å². The zero-order valence-electron chi connectivity index (χ0n) is 26.9. The lowest BCUT2D eigenvalue weighted by Crippen LogP contribution is -2.35. The van der Waals surface area contributed by atoms with Crippen molar-refractivity contribution in [3.05, 3.63) is 167 Å². The van der Waals surface area contributed by atoms with Crippen LogP contribution in [0.5, 0.6) is 5.75 Å². The molecule has 0 bridgehead atoms. The van der Waals surface area contributed by atoms with E-state index in [1.54, 1.807) is 0 Å². The Labute approximate surface area is 279 Å². The van der Waals surface area contributed by atoms with Gasteiger partial charge in [0.05, 0.1) is 5.52 Å². The van der Waals surface area contributed by atoms with Gasteiger partial charge in [0.2, 0.25) is 0 Å². The molecule has 9 rings (SSSR count). The standard InChI is InChI=1S/C44H33FN2O/c1-3-43(4-2)37-15-9-8-14-35(37)39-33-12-6-7-13-34(33)41-36(40(39)43)25-26-44(48-41,31-21-23-32(45)24-22-31)30-19-17-28(18-20-30)42-46-27-29-11-5-10-16-38(29)47-42/h5-27H,3-4H2,1-2H3. The maximum Gasteiger partial charge on any atom is 0.178 e. The van der Waals surface area contributed by atoms with Crippen LogP contribution in [0, 0.1) is 5.82 Å². The smallest absolute Gasteiger partial charge is 0.178 e. The Morgan fingerprint density at radius 2 is 1.38 bits per heavy atom. The van der Waals surface area contributed by atoms with E-state index in [-0.39, 0.29) is 11.2 Å². The Hall–Kier alpha value is -5.61. The van der Waals surface area contributed by atoms with Crippen LogP contribution in [0.4, 0.5) is 4.39 Å². The van der Waals surface area contributed by atoms with Crippen molar-refractivity contribution in [1.29, 1.82) is 0 Å². The maximum atomic E-state index is 14.4. The fourth-order valence-electron chi connectivity index (χ4n) is 8.26. The summed E-state index contributed by atoms with van der Waals surface area (Å²) in [7, 11) is 0. The maximum absolute atomic E-state index is 14.4. The van der Waals surface area contributed by atoms with Gasteiger partial charge in [0.1, 0.15) is 11.6 Å². The van der Waals surface area contributed by atoms with Gasteiger partial charge in [-0.1, -0.05) is 123 Å². The van der Waals surface area contributed by atoms with Crippen molar-refractivity contribution >= 4 is 27.8 Å². The lowest BCUT2D eigenvalue weighted by Gasteiger charge is -2.39. The molecule has 1 aromatic heterocycles. The molecule has 1 atom stereocenters. The number of halogens is 1.